The molecule has 1 fully saturated rings. The molecule has 2 aromatic rings. The van der Waals surface area contributed by atoms with Gasteiger partial charge in [0.1, 0.15) is 5.82 Å². The van der Waals surface area contributed by atoms with E-state index in [4.69, 9.17) is 9.84 Å². The Labute approximate surface area is 197 Å². The maximum Gasteiger partial charge on any atom is 0.416 e. The second-order valence-electron chi connectivity index (χ2n) is 8.53. The first-order valence-corrected chi connectivity index (χ1v) is 10.9. The summed E-state index contributed by atoms with van der Waals surface area (Å²) in [5.74, 6) is -1.77. The second kappa shape index (κ2) is 10.9. The number of rotatable bonds is 9. The summed E-state index contributed by atoms with van der Waals surface area (Å²) in [4.78, 5) is 10.7. The molecule has 1 aliphatic carbocycles. The highest BCUT2D eigenvalue weighted by Crippen LogP contribution is 2.42. The summed E-state index contributed by atoms with van der Waals surface area (Å²) in [6, 6.07) is 7.02. The number of hydrogen-bond acceptors (Lipinski definition) is 3. The smallest absolute Gasteiger partial charge is 0.416 e. The van der Waals surface area contributed by atoms with E-state index in [0.717, 1.165) is 5.56 Å². The van der Waals surface area contributed by atoms with E-state index in [9.17, 15) is 35.5 Å². The maximum absolute atomic E-state index is 13.4. The highest BCUT2D eigenvalue weighted by molar-refractivity contribution is 5.66. The third-order valence-electron chi connectivity index (χ3n) is 6.02. The van der Waals surface area contributed by atoms with E-state index in [0.29, 0.717) is 31.5 Å². The van der Waals surface area contributed by atoms with Crippen molar-refractivity contribution in [2.75, 3.05) is 13.1 Å². The molecule has 3 atom stereocenters. The standard InChI is InChI=1S/C24H24F7NO3/c25-19-4-1-15(2-5-19)22-16(12-32-8-7-21(33)34)3-6-20(22)35-13-14-9-17(23(26,27)28)11-18(10-14)24(29,30)31/h1-2,4-5,9-11,16,20,22,32H,3,6-8,12-13H2,(H,33,34)/t16-,20-,22-/m0/s1. The maximum atomic E-state index is 13.4. The average molecular weight is 507 g/mol. The summed E-state index contributed by atoms with van der Waals surface area (Å²) in [5.41, 5.74) is -2.35. The number of carboxylic acid groups (broad SMARTS) is 1. The van der Waals surface area contributed by atoms with Gasteiger partial charge in [0.05, 0.1) is 30.3 Å². The largest absolute Gasteiger partial charge is 0.481 e. The van der Waals surface area contributed by atoms with Gasteiger partial charge in [0.2, 0.25) is 0 Å². The number of halogens is 7. The van der Waals surface area contributed by atoms with Gasteiger partial charge in [-0.2, -0.15) is 26.3 Å². The van der Waals surface area contributed by atoms with Crippen LogP contribution in [0.1, 0.15) is 47.4 Å². The monoisotopic (exact) mass is 507 g/mol. The molecule has 0 heterocycles. The molecule has 0 bridgehead atoms. The minimum Gasteiger partial charge on any atom is -0.481 e. The lowest BCUT2D eigenvalue weighted by atomic mass is 9.87. The molecular weight excluding hydrogens is 483 g/mol. The van der Waals surface area contributed by atoms with Crippen LogP contribution in [0.4, 0.5) is 30.7 Å². The van der Waals surface area contributed by atoms with Crippen LogP contribution in [0.25, 0.3) is 0 Å². The van der Waals surface area contributed by atoms with E-state index in [1.54, 1.807) is 12.1 Å². The summed E-state index contributed by atoms with van der Waals surface area (Å²) >= 11 is 0. The van der Waals surface area contributed by atoms with Crippen LogP contribution in [-0.2, 0) is 28.5 Å². The zero-order chi connectivity index (χ0) is 25.8. The first-order chi connectivity index (χ1) is 16.3. The van der Waals surface area contributed by atoms with E-state index in [1.807, 2.05) is 0 Å². The van der Waals surface area contributed by atoms with Gasteiger partial charge < -0.3 is 15.2 Å². The molecule has 0 saturated heterocycles. The van der Waals surface area contributed by atoms with Crippen molar-refractivity contribution in [2.45, 2.75) is 50.2 Å². The Bertz CT molecular complexity index is 973. The Hall–Kier alpha value is -2.66. The van der Waals surface area contributed by atoms with Crippen LogP contribution < -0.4 is 5.32 Å². The minimum atomic E-state index is -4.95. The Morgan fingerprint density at radius 2 is 1.57 bits per heavy atom. The van der Waals surface area contributed by atoms with Gasteiger partial charge in [-0.3, -0.25) is 4.79 Å². The fourth-order valence-electron chi connectivity index (χ4n) is 4.42. The van der Waals surface area contributed by atoms with Crippen molar-refractivity contribution in [1.29, 1.82) is 0 Å². The van der Waals surface area contributed by atoms with Gasteiger partial charge in [-0.15, -0.1) is 0 Å². The van der Waals surface area contributed by atoms with Crippen molar-refractivity contribution in [3.05, 3.63) is 70.5 Å². The summed E-state index contributed by atoms with van der Waals surface area (Å²) < 4.78 is 98.3. The van der Waals surface area contributed by atoms with Crippen molar-refractivity contribution in [3.63, 3.8) is 0 Å². The lowest BCUT2D eigenvalue weighted by molar-refractivity contribution is -0.143. The molecule has 0 aromatic heterocycles. The van der Waals surface area contributed by atoms with Gasteiger partial charge >= 0.3 is 18.3 Å². The molecule has 0 radical (unpaired) electrons. The summed E-state index contributed by atoms with van der Waals surface area (Å²) in [5, 5.41) is 11.8. The lowest BCUT2D eigenvalue weighted by Crippen LogP contribution is -2.29. The molecule has 0 aliphatic heterocycles. The van der Waals surface area contributed by atoms with Crippen molar-refractivity contribution >= 4 is 5.97 Å². The highest BCUT2D eigenvalue weighted by Gasteiger charge is 2.39. The number of alkyl halides is 6. The molecule has 0 spiro atoms. The fraction of sp³-hybridized carbons (Fsp3) is 0.458. The molecule has 0 unspecified atom stereocenters. The van der Waals surface area contributed by atoms with Gasteiger partial charge in [-0.25, -0.2) is 4.39 Å². The van der Waals surface area contributed by atoms with Crippen LogP contribution in [0.5, 0.6) is 0 Å². The fourth-order valence-corrected chi connectivity index (χ4v) is 4.42. The Kier molecular flexibility index (Phi) is 8.42. The number of benzene rings is 2. The van der Waals surface area contributed by atoms with E-state index in [2.05, 4.69) is 5.32 Å². The quantitative estimate of drug-likeness (QED) is 0.323. The molecule has 1 aliphatic rings. The topological polar surface area (TPSA) is 58.6 Å². The van der Waals surface area contributed by atoms with Crippen LogP contribution in [-0.4, -0.2) is 30.3 Å². The molecule has 2 N–H and O–H groups in total. The van der Waals surface area contributed by atoms with E-state index in [-0.39, 0.29) is 36.4 Å². The van der Waals surface area contributed by atoms with Gasteiger partial charge in [0.25, 0.3) is 0 Å². The molecule has 11 heteroatoms. The Balaban J connectivity index is 1.79. The van der Waals surface area contributed by atoms with Crippen LogP contribution in [0.2, 0.25) is 0 Å². The van der Waals surface area contributed by atoms with Gasteiger partial charge in [-0.1, -0.05) is 12.1 Å². The van der Waals surface area contributed by atoms with Crippen molar-refractivity contribution in [2.24, 2.45) is 5.92 Å². The first-order valence-electron chi connectivity index (χ1n) is 10.9. The third-order valence-corrected chi connectivity index (χ3v) is 6.02. The molecule has 1 saturated carbocycles. The summed E-state index contributed by atoms with van der Waals surface area (Å²) in [7, 11) is 0. The van der Waals surface area contributed by atoms with Crippen LogP contribution in [0.15, 0.2) is 42.5 Å². The third kappa shape index (κ3) is 7.41. The van der Waals surface area contributed by atoms with E-state index < -0.39 is 48.0 Å². The number of ether oxygens (including phenoxy) is 1. The van der Waals surface area contributed by atoms with Crippen molar-refractivity contribution < 1.29 is 45.4 Å². The minimum absolute atomic E-state index is 0.0495. The molecule has 192 valence electrons. The predicted octanol–water partition coefficient (Wildman–Crippen LogP) is 6.01. The molecule has 35 heavy (non-hydrogen) atoms. The van der Waals surface area contributed by atoms with E-state index in [1.165, 1.54) is 12.1 Å². The van der Waals surface area contributed by atoms with Crippen LogP contribution >= 0.6 is 0 Å². The lowest BCUT2D eigenvalue weighted by Gasteiger charge is -2.26. The van der Waals surface area contributed by atoms with Crippen molar-refractivity contribution in [1.82, 2.24) is 5.32 Å². The van der Waals surface area contributed by atoms with Crippen LogP contribution in [0, 0.1) is 11.7 Å². The molecular formula is C24H24F7NO3. The van der Waals surface area contributed by atoms with Crippen molar-refractivity contribution in [3.8, 4) is 0 Å². The zero-order valence-corrected chi connectivity index (χ0v) is 18.4. The highest BCUT2D eigenvalue weighted by atomic mass is 19.4. The summed E-state index contributed by atoms with van der Waals surface area (Å²) in [6.45, 7) is 0.198. The van der Waals surface area contributed by atoms with Gasteiger partial charge in [0, 0.05) is 12.5 Å². The molecule has 2 aromatic carbocycles. The molecule has 3 rings (SSSR count). The van der Waals surface area contributed by atoms with Crippen LogP contribution in [0.3, 0.4) is 0 Å². The molecule has 0 amide bonds. The van der Waals surface area contributed by atoms with Gasteiger partial charge in [-0.05, 0) is 66.8 Å². The number of carbonyl (C=O) groups is 1. The normalized spacial score (nSPS) is 20.8. The first kappa shape index (κ1) is 26.9. The number of aliphatic carboxylic acids is 1. The average Bonchev–Trinajstić information content (AvgIpc) is 3.17. The predicted molar refractivity (Wildman–Crippen MR) is 112 cm³/mol. The van der Waals surface area contributed by atoms with Gasteiger partial charge in [0.15, 0.2) is 0 Å². The van der Waals surface area contributed by atoms with E-state index >= 15 is 0 Å². The second-order valence-corrected chi connectivity index (χ2v) is 8.53. The SMILES string of the molecule is O=C(O)CCNC[C@@H]1CC[C@H](OCc2cc(C(F)(F)F)cc(C(F)(F)F)c2)[C@H]1c1ccc(F)cc1. The number of carboxylic acids is 1. The Morgan fingerprint density at radius 3 is 2.11 bits per heavy atom. The molecule has 4 nitrogen and oxygen atoms in total. The number of hydrogen-bond donors (Lipinski definition) is 2. The Morgan fingerprint density at radius 1 is 0.971 bits per heavy atom. The number of nitrogens with one attached hydrogen (secondary N) is 1. The summed E-state index contributed by atoms with van der Waals surface area (Å²) in [6.07, 6.45) is -9.40. The zero-order valence-electron chi connectivity index (χ0n) is 18.4.